The molecule has 3 nitrogen and oxygen atoms in total. The third kappa shape index (κ3) is 2.65. The molecule has 0 saturated heterocycles. The number of benzene rings is 8. The summed E-state index contributed by atoms with van der Waals surface area (Å²) < 4.78 is 0. The number of allylic oxidation sites excluding steroid dienone is 1. The number of fused-ring (bicyclic) bond motifs is 4. The van der Waals surface area contributed by atoms with Crippen molar-refractivity contribution in [3.05, 3.63) is 109 Å². The quantitative estimate of drug-likeness (QED) is 0.128. The molecule has 0 radical (unpaired) electrons. The molecule has 0 amide bonds. The van der Waals surface area contributed by atoms with Gasteiger partial charge >= 0.3 is 0 Å². The minimum Gasteiger partial charge on any atom is -0.275 e. The largest absolute Gasteiger partial charge is 0.275 e. The van der Waals surface area contributed by atoms with Crippen LogP contribution < -0.4 is 0 Å². The molecule has 0 N–H and O–H groups in total. The zero-order valence-corrected chi connectivity index (χ0v) is 19.2. The smallest absolute Gasteiger partial charge is 0.147 e. The summed E-state index contributed by atoms with van der Waals surface area (Å²) in [5.41, 5.74) is 0. The summed E-state index contributed by atoms with van der Waals surface area (Å²) in [6, 6.07) is 36.3. The van der Waals surface area contributed by atoms with Gasteiger partial charge in [-0.1, -0.05) is 72.8 Å². The highest BCUT2D eigenvalue weighted by Gasteiger charge is 2.18. The van der Waals surface area contributed by atoms with E-state index < -0.39 is 0 Å². The molecule has 3 heteroatoms. The van der Waals surface area contributed by atoms with Crippen LogP contribution in [0.5, 0.6) is 0 Å². The highest BCUT2D eigenvalue weighted by Crippen LogP contribution is 2.46. The van der Waals surface area contributed by atoms with Crippen LogP contribution >= 0.6 is 0 Å². The summed E-state index contributed by atoms with van der Waals surface area (Å²) in [6.45, 7) is 0. The predicted octanol–water partition coefficient (Wildman–Crippen LogP) is 9.08. The number of oxime groups is 1. The average Bonchev–Trinajstić information content (AvgIpc) is 2.95. The average molecular weight is 462 g/mol. The Morgan fingerprint density at radius 3 is 1.36 bits per heavy atom. The maximum Gasteiger partial charge on any atom is 0.147 e. The monoisotopic (exact) mass is 461 g/mol. The Morgan fingerprint density at radius 2 is 0.944 bits per heavy atom. The van der Waals surface area contributed by atoms with E-state index in [9.17, 15) is 0 Å². The number of hydrogen-bond acceptors (Lipinski definition) is 3. The molecule has 0 saturated carbocycles. The number of hydrogen-bond donors (Lipinski definition) is 0. The lowest BCUT2D eigenvalue weighted by Gasteiger charge is -2.19. The van der Waals surface area contributed by atoms with Crippen LogP contribution in [0.15, 0.2) is 115 Å². The second-order valence-corrected chi connectivity index (χ2v) is 9.32. The van der Waals surface area contributed by atoms with E-state index in [2.05, 4.69) is 112 Å². The second-order valence-electron chi connectivity index (χ2n) is 9.32. The van der Waals surface area contributed by atoms with E-state index in [0.717, 1.165) is 0 Å². The van der Waals surface area contributed by atoms with Crippen molar-refractivity contribution in [2.24, 2.45) is 5.16 Å². The fraction of sp³-hybridized carbons (Fsp3) is 0. The van der Waals surface area contributed by atoms with Crippen LogP contribution in [0.4, 0.5) is 0 Å². The van der Waals surface area contributed by atoms with Gasteiger partial charge in [0.2, 0.25) is 0 Å². The Balaban J connectivity index is 0.000000304. The van der Waals surface area contributed by atoms with Crippen LogP contribution in [0.2, 0.25) is 0 Å². The van der Waals surface area contributed by atoms with Crippen LogP contribution in [0.25, 0.3) is 75.4 Å². The van der Waals surface area contributed by atoms with Crippen molar-refractivity contribution in [1.29, 1.82) is 0 Å². The van der Waals surface area contributed by atoms with E-state index in [4.69, 9.17) is 0 Å². The molecule has 0 aliphatic carbocycles. The van der Waals surface area contributed by atoms with E-state index in [1.165, 1.54) is 87.9 Å². The van der Waals surface area contributed by atoms with Crippen molar-refractivity contribution in [3.8, 4) is 0 Å². The molecular formula is C33H19NO2. The Labute approximate surface area is 206 Å². The molecule has 0 fully saturated rings. The number of rotatable bonds is 0. The summed E-state index contributed by atoms with van der Waals surface area (Å²) in [4.78, 5) is 8.24. The van der Waals surface area contributed by atoms with Crippen molar-refractivity contribution in [1.82, 2.24) is 0 Å². The standard InChI is InChI=1S/C30H16.C3H3NO2/c1-3-7-23-17(5-1)13-19-9-11-22-16-26-24-8-4-2-6-18(24)14-20-10-12-21-15-25(23)27(19)29(22)30(21)28(20)26;1-2-4-6-5-3-1/h1-16H;1-3H. The van der Waals surface area contributed by atoms with Gasteiger partial charge in [0, 0.05) is 0 Å². The topological polar surface area (TPSA) is 30.8 Å². The van der Waals surface area contributed by atoms with Crippen molar-refractivity contribution in [2.75, 3.05) is 0 Å². The molecule has 0 aromatic heterocycles. The van der Waals surface area contributed by atoms with E-state index in [1.807, 2.05) is 0 Å². The number of nitrogens with zero attached hydrogens (tertiary/aromatic N) is 1. The maximum absolute atomic E-state index is 4.19. The Bertz CT molecular complexity index is 2000. The van der Waals surface area contributed by atoms with E-state index in [0.29, 0.717) is 0 Å². The summed E-state index contributed by atoms with van der Waals surface area (Å²) in [5, 5.41) is 22.3. The van der Waals surface area contributed by atoms with Crippen molar-refractivity contribution >= 4 is 81.6 Å². The second kappa shape index (κ2) is 7.30. The summed E-state index contributed by atoms with van der Waals surface area (Å²) in [7, 11) is 0. The molecular weight excluding hydrogens is 442 g/mol. The van der Waals surface area contributed by atoms with Gasteiger partial charge in [0.25, 0.3) is 0 Å². The van der Waals surface area contributed by atoms with Gasteiger partial charge in [0.15, 0.2) is 0 Å². The lowest BCUT2D eigenvalue weighted by atomic mass is 9.84. The predicted molar refractivity (Wildman–Crippen MR) is 151 cm³/mol. The van der Waals surface area contributed by atoms with Crippen molar-refractivity contribution < 1.29 is 9.88 Å². The van der Waals surface area contributed by atoms with Crippen LogP contribution in [-0.2, 0) is 9.88 Å². The van der Waals surface area contributed by atoms with Gasteiger partial charge in [-0.2, -0.15) is 4.99 Å². The first kappa shape index (κ1) is 19.4. The first-order valence-electron chi connectivity index (χ1n) is 12.0. The fourth-order valence-corrected chi connectivity index (χ4v) is 6.00. The molecule has 168 valence electrons. The molecule has 1 heterocycles. The molecule has 0 spiro atoms. The third-order valence-electron chi connectivity index (χ3n) is 7.42. The lowest BCUT2D eigenvalue weighted by Crippen LogP contribution is -1.91. The summed E-state index contributed by atoms with van der Waals surface area (Å²) >= 11 is 0. The highest BCUT2D eigenvalue weighted by molar-refractivity contribution is 6.40. The first-order chi connectivity index (χ1) is 17.9. The van der Waals surface area contributed by atoms with Gasteiger partial charge < -0.3 is 0 Å². The molecule has 1 aliphatic heterocycles. The molecule has 1 aliphatic rings. The van der Waals surface area contributed by atoms with Gasteiger partial charge in [-0.25, -0.2) is 0 Å². The van der Waals surface area contributed by atoms with Crippen LogP contribution in [0.1, 0.15) is 0 Å². The molecule has 0 unspecified atom stereocenters. The van der Waals surface area contributed by atoms with Crippen LogP contribution in [-0.4, -0.2) is 6.21 Å². The first-order valence-corrected chi connectivity index (χ1v) is 12.0. The maximum atomic E-state index is 4.19. The zero-order chi connectivity index (χ0) is 23.6. The van der Waals surface area contributed by atoms with Crippen molar-refractivity contribution in [3.63, 3.8) is 0 Å². The van der Waals surface area contributed by atoms with Crippen LogP contribution in [0.3, 0.4) is 0 Å². The van der Waals surface area contributed by atoms with Crippen molar-refractivity contribution in [2.45, 2.75) is 0 Å². The summed E-state index contributed by atoms with van der Waals surface area (Å²) in [6.07, 6.45) is 4.51. The molecule has 0 atom stereocenters. The fourth-order valence-electron chi connectivity index (χ4n) is 6.00. The van der Waals surface area contributed by atoms with Gasteiger partial charge in [0.05, 0.1) is 6.21 Å². The van der Waals surface area contributed by atoms with Crippen LogP contribution in [0, 0.1) is 0 Å². The Hall–Kier alpha value is -4.89. The van der Waals surface area contributed by atoms with Gasteiger partial charge in [-0.3, -0.25) is 4.89 Å². The van der Waals surface area contributed by atoms with Gasteiger partial charge in [-0.05, 0) is 111 Å². The normalized spacial score (nSPS) is 13.2. The SMILES string of the molecule is C1=COON=C1.c1ccc2c(c1)cc1ccc3cc4c5ccccc5cc5ccc6cc2c1c3c6c54. The molecule has 8 aromatic carbocycles. The molecule has 0 bridgehead atoms. The Morgan fingerprint density at radius 1 is 0.444 bits per heavy atom. The Kier molecular flexibility index (Phi) is 3.94. The lowest BCUT2D eigenvalue weighted by molar-refractivity contribution is -0.251. The zero-order valence-electron chi connectivity index (χ0n) is 19.2. The van der Waals surface area contributed by atoms with E-state index >= 15 is 0 Å². The van der Waals surface area contributed by atoms with Gasteiger partial charge in [0.1, 0.15) is 6.26 Å². The van der Waals surface area contributed by atoms with E-state index in [-0.39, 0.29) is 0 Å². The molecule has 8 aromatic rings. The minimum absolute atomic E-state index is 1.31. The molecule has 36 heavy (non-hydrogen) atoms. The summed E-state index contributed by atoms with van der Waals surface area (Å²) in [5.74, 6) is 0. The highest BCUT2D eigenvalue weighted by atomic mass is 17.3. The minimum atomic E-state index is 1.31. The van der Waals surface area contributed by atoms with E-state index in [1.54, 1.807) is 6.08 Å². The third-order valence-corrected chi connectivity index (χ3v) is 7.42. The molecule has 9 rings (SSSR count). The van der Waals surface area contributed by atoms with Gasteiger partial charge in [-0.15, -0.1) is 0 Å².